The van der Waals surface area contributed by atoms with E-state index in [0.717, 1.165) is 64.8 Å². The van der Waals surface area contributed by atoms with E-state index in [0.29, 0.717) is 30.9 Å². The predicted molar refractivity (Wildman–Crippen MR) is 128 cm³/mol. The summed E-state index contributed by atoms with van der Waals surface area (Å²) in [5.74, 6) is 1.28. The molecule has 0 bridgehead atoms. The van der Waals surface area contributed by atoms with Crippen molar-refractivity contribution in [3.8, 4) is 11.5 Å². The normalized spacial score (nSPS) is 19.5. The minimum atomic E-state index is -0.341. The summed E-state index contributed by atoms with van der Waals surface area (Å²) >= 11 is 3.68. The second-order valence-electron chi connectivity index (χ2n) is 8.88. The van der Waals surface area contributed by atoms with Crippen LogP contribution in [0.15, 0.2) is 39.1 Å². The van der Waals surface area contributed by atoms with Gasteiger partial charge < -0.3 is 14.4 Å². The second kappa shape index (κ2) is 9.42. The summed E-state index contributed by atoms with van der Waals surface area (Å²) in [7, 11) is 0. The van der Waals surface area contributed by atoms with Crippen LogP contribution >= 0.6 is 15.9 Å². The Morgan fingerprint density at radius 2 is 1.59 bits per heavy atom. The molecule has 1 heterocycles. The Morgan fingerprint density at radius 3 is 2.09 bits per heavy atom. The van der Waals surface area contributed by atoms with E-state index >= 15 is 0 Å². The maximum absolute atomic E-state index is 13.3. The average molecular weight is 502 g/mol. The van der Waals surface area contributed by atoms with Crippen molar-refractivity contribution < 1.29 is 19.1 Å². The monoisotopic (exact) mass is 501 g/mol. The number of ether oxygens (including phenoxy) is 2. The smallest absolute Gasteiger partial charge is 0.175 e. The molecule has 0 saturated carbocycles. The van der Waals surface area contributed by atoms with Gasteiger partial charge in [0, 0.05) is 47.8 Å². The number of rotatable bonds is 6. The largest absolute Gasteiger partial charge is 0.490 e. The minimum Gasteiger partial charge on any atom is -0.490 e. The zero-order chi connectivity index (χ0) is 23.0. The summed E-state index contributed by atoms with van der Waals surface area (Å²) in [5, 5.41) is 0. The summed E-state index contributed by atoms with van der Waals surface area (Å²) in [6, 6.07) is 3.97. The van der Waals surface area contributed by atoms with Crippen molar-refractivity contribution in [2.45, 2.75) is 78.2 Å². The Kier molecular flexibility index (Phi) is 6.80. The third-order valence-electron chi connectivity index (χ3n) is 6.42. The van der Waals surface area contributed by atoms with E-state index in [2.05, 4.69) is 27.8 Å². The van der Waals surface area contributed by atoms with Crippen LogP contribution in [-0.2, 0) is 9.59 Å². The SMILES string of the molecule is CCOc1cc(C2C3=C(CCCC3=O)N(CC)C3=C2C(=O)CCC3)cc(Br)c1OC(C)C. The maximum Gasteiger partial charge on any atom is 0.175 e. The molecule has 172 valence electrons. The molecule has 32 heavy (non-hydrogen) atoms. The molecule has 0 radical (unpaired) electrons. The lowest BCUT2D eigenvalue weighted by atomic mass is 9.71. The Morgan fingerprint density at radius 1 is 1.00 bits per heavy atom. The van der Waals surface area contributed by atoms with Crippen molar-refractivity contribution in [2.75, 3.05) is 13.2 Å². The van der Waals surface area contributed by atoms with Crippen LogP contribution in [0.1, 0.15) is 77.7 Å². The van der Waals surface area contributed by atoms with Crippen molar-refractivity contribution in [1.82, 2.24) is 4.90 Å². The van der Waals surface area contributed by atoms with Gasteiger partial charge in [0.1, 0.15) is 0 Å². The fraction of sp³-hybridized carbons (Fsp3) is 0.538. The van der Waals surface area contributed by atoms with Gasteiger partial charge in [-0.15, -0.1) is 0 Å². The Bertz CT molecular complexity index is 963. The molecule has 0 spiro atoms. The molecule has 0 aromatic heterocycles. The number of benzene rings is 1. The first-order valence-corrected chi connectivity index (χ1v) is 12.6. The summed E-state index contributed by atoms with van der Waals surface area (Å²) in [4.78, 5) is 28.8. The Balaban J connectivity index is 1.94. The molecular weight excluding hydrogens is 470 g/mol. The molecular formula is C26H32BrNO4. The number of hydrogen-bond donors (Lipinski definition) is 0. The van der Waals surface area contributed by atoms with Crippen LogP contribution in [0.5, 0.6) is 11.5 Å². The highest BCUT2D eigenvalue weighted by molar-refractivity contribution is 9.10. The summed E-state index contributed by atoms with van der Waals surface area (Å²) in [6.45, 7) is 9.28. The van der Waals surface area contributed by atoms with E-state index in [1.165, 1.54) is 0 Å². The molecule has 1 aromatic carbocycles. The van der Waals surface area contributed by atoms with Crippen LogP contribution in [0.2, 0.25) is 0 Å². The molecule has 0 saturated heterocycles. The number of nitrogens with zero attached hydrogens (tertiary/aromatic N) is 1. The van der Waals surface area contributed by atoms with Crippen molar-refractivity contribution in [1.29, 1.82) is 0 Å². The zero-order valence-corrected chi connectivity index (χ0v) is 21.0. The van der Waals surface area contributed by atoms with Gasteiger partial charge in [0.2, 0.25) is 0 Å². The Hall–Kier alpha value is -2.08. The molecule has 3 aliphatic rings. The maximum atomic E-state index is 13.3. The van der Waals surface area contributed by atoms with E-state index in [4.69, 9.17) is 9.47 Å². The van der Waals surface area contributed by atoms with Gasteiger partial charge in [0.05, 0.1) is 17.2 Å². The van der Waals surface area contributed by atoms with Crippen molar-refractivity contribution >= 4 is 27.5 Å². The van der Waals surface area contributed by atoms with E-state index in [-0.39, 0.29) is 23.6 Å². The molecule has 4 rings (SSSR count). The molecule has 1 aliphatic heterocycles. The quantitative estimate of drug-likeness (QED) is 0.473. The first kappa shape index (κ1) is 23.1. The number of allylic oxidation sites excluding steroid dienone is 4. The number of halogens is 1. The zero-order valence-electron chi connectivity index (χ0n) is 19.4. The van der Waals surface area contributed by atoms with Crippen LogP contribution in [0.3, 0.4) is 0 Å². The molecule has 1 aromatic rings. The average Bonchev–Trinajstić information content (AvgIpc) is 2.75. The number of carbonyl (C=O) groups is 2. The van der Waals surface area contributed by atoms with Gasteiger partial charge in [0.15, 0.2) is 23.1 Å². The standard InChI is InChI=1S/C26H32BrNO4/c1-5-28-18-9-7-11-20(29)24(18)23(25-19(28)10-8-12-21(25)30)16-13-17(27)26(32-15(3)4)22(14-16)31-6-2/h13-15,23H,5-12H2,1-4H3. The molecule has 5 nitrogen and oxygen atoms in total. The first-order chi connectivity index (χ1) is 15.4. The minimum absolute atomic E-state index is 0.00684. The summed E-state index contributed by atoms with van der Waals surface area (Å²) in [5.41, 5.74) is 4.74. The van der Waals surface area contributed by atoms with Gasteiger partial charge in [-0.25, -0.2) is 0 Å². The van der Waals surface area contributed by atoms with Gasteiger partial charge in [-0.05, 0) is 87.0 Å². The highest BCUT2D eigenvalue weighted by atomic mass is 79.9. The molecule has 0 amide bonds. The van der Waals surface area contributed by atoms with Crippen LogP contribution < -0.4 is 9.47 Å². The van der Waals surface area contributed by atoms with Crippen LogP contribution in [0.4, 0.5) is 0 Å². The number of carbonyl (C=O) groups excluding carboxylic acids is 2. The van der Waals surface area contributed by atoms with Gasteiger partial charge in [-0.2, -0.15) is 0 Å². The van der Waals surface area contributed by atoms with Crippen LogP contribution in [-0.4, -0.2) is 35.7 Å². The number of Topliss-reactive ketones (excluding diaryl/α,β-unsaturated/α-hetero) is 2. The molecule has 0 fully saturated rings. The third-order valence-corrected chi connectivity index (χ3v) is 7.01. The van der Waals surface area contributed by atoms with Gasteiger partial charge >= 0.3 is 0 Å². The highest BCUT2D eigenvalue weighted by Gasteiger charge is 2.43. The molecule has 0 unspecified atom stereocenters. The number of ketones is 2. The fourth-order valence-electron chi connectivity index (χ4n) is 5.30. The van der Waals surface area contributed by atoms with Gasteiger partial charge in [-0.1, -0.05) is 0 Å². The lowest BCUT2D eigenvalue weighted by Crippen LogP contribution is -2.39. The fourth-order valence-corrected chi connectivity index (χ4v) is 5.85. The molecule has 6 heteroatoms. The van der Waals surface area contributed by atoms with Crippen LogP contribution in [0, 0.1) is 0 Å². The van der Waals surface area contributed by atoms with Crippen molar-refractivity contribution in [2.24, 2.45) is 0 Å². The lowest BCUT2D eigenvalue weighted by molar-refractivity contribution is -0.117. The van der Waals surface area contributed by atoms with Crippen molar-refractivity contribution in [3.63, 3.8) is 0 Å². The van der Waals surface area contributed by atoms with E-state index < -0.39 is 0 Å². The van der Waals surface area contributed by atoms with E-state index in [1.807, 2.05) is 32.9 Å². The summed E-state index contributed by atoms with van der Waals surface area (Å²) < 4.78 is 12.8. The Labute approximate surface area is 199 Å². The van der Waals surface area contributed by atoms with Gasteiger partial charge in [0.25, 0.3) is 0 Å². The second-order valence-corrected chi connectivity index (χ2v) is 9.74. The van der Waals surface area contributed by atoms with Crippen molar-refractivity contribution in [3.05, 3.63) is 44.7 Å². The van der Waals surface area contributed by atoms with E-state index in [1.54, 1.807) is 0 Å². The first-order valence-electron chi connectivity index (χ1n) is 11.8. The van der Waals surface area contributed by atoms with Gasteiger partial charge in [-0.3, -0.25) is 9.59 Å². The topological polar surface area (TPSA) is 55.8 Å². The predicted octanol–water partition coefficient (Wildman–Crippen LogP) is 6.07. The number of hydrogen-bond acceptors (Lipinski definition) is 5. The molecule has 2 aliphatic carbocycles. The molecule has 0 N–H and O–H groups in total. The molecule has 0 atom stereocenters. The summed E-state index contributed by atoms with van der Waals surface area (Å²) in [6.07, 6.45) is 4.57. The van der Waals surface area contributed by atoms with E-state index in [9.17, 15) is 9.59 Å². The van der Waals surface area contributed by atoms with Crippen LogP contribution in [0.25, 0.3) is 0 Å². The highest BCUT2D eigenvalue weighted by Crippen LogP contribution is 2.51. The third kappa shape index (κ3) is 4.02. The lowest BCUT2D eigenvalue weighted by Gasteiger charge is -2.43.